The molecule has 1 amide bonds. The normalized spacial score (nSPS) is 30.9. The van der Waals surface area contributed by atoms with Gasteiger partial charge in [0.05, 0.1) is 6.04 Å². The molecular formula is C32H45N3O. The molecule has 0 radical (unpaired) electrons. The minimum atomic E-state index is 0.135. The van der Waals surface area contributed by atoms with E-state index in [2.05, 4.69) is 72.7 Å². The third-order valence-electron chi connectivity index (χ3n) is 9.82. The van der Waals surface area contributed by atoms with Crippen LogP contribution in [-0.2, 0) is 0 Å². The van der Waals surface area contributed by atoms with Gasteiger partial charge in [-0.3, -0.25) is 14.6 Å². The number of nitrogens with zero attached hydrogens (tertiary/aromatic N) is 3. The number of fused-ring (bicyclic) bond motifs is 1. The molecule has 5 rings (SSSR count). The van der Waals surface area contributed by atoms with E-state index in [0.29, 0.717) is 6.04 Å². The maximum atomic E-state index is 13.0. The van der Waals surface area contributed by atoms with Crippen LogP contribution in [0.2, 0.25) is 0 Å². The molecule has 0 spiro atoms. The Hall–Kier alpha value is -2.17. The molecule has 3 fully saturated rings. The Kier molecular flexibility index (Phi) is 7.29. The van der Waals surface area contributed by atoms with Gasteiger partial charge in [-0.2, -0.15) is 0 Å². The zero-order valence-corrected chi connectivity index (χ0v) is 22.9. The van der Waals surface area contributed by atoms with E-state index in [1.165, 1.54) is 42.4 Å². The fourth-order valence-corrected chi connectivity index (χ4v) is 7.89. The maximum absolute atomic E-state index is 13.0. The van der Waals surface area contributed by atoms with Crippen molar-refractivity contribution >= 4 is 5.91 Å². The van der Waals surface area contributed by atoms with Gasteiger partial charge >= 0.3 is 0 Å². The first kappa shape index (κ1) is 25.5. The summed E-state index contributed by atoms with van der Waals surface area (Å²) in [7, 11) is 0. The van der Waals surface area contributed by atoms with E-state index >= 15 is 0 Å². The number of piperidine rings is 1. The van der Waals surface area contributed by atoms with Crippen molar-refractivity contribution < 1.29 is 4.79 Å². The predicted octanol–water partition coefficient (Wildman–Crippen LogP) is 6.38. The summed E-state index contributed by atoms with van der Waals surface area (Å²) in [5.74, 6) is 0.954. The lowest BCUT2D eigenvalue weighted by atomic mass is 9.54. The Morgan fingerprint density at radius 1 is 1.19 bits per heavy atom. The minimum Gasteiger partial charge on any atom is -0.339 e. The van der Waals surface area contributed by atoms with Crippen LogP contribution in [-0.4, -0.2) is 64.4 Å². The quantitative estimate of drug-likeness (QED) is 0.378. The molecule has 1 aromatic carbocycles. The third kappa shape index (κ3) is 4.11. The van der Waals surface area contributed by atoms with Crippen LogP contribution < -0.4 is 0 Å². The standard InChI is InChI=1S/C32H45N3O/c1-6-20-35-28-19-18-27(28)32(35,5)29-13-10-21-34(29)30(26-12-9-11-23(4)22-26)24-14-16-25(17-15-24)31(36)33(7-2)8-3/h6,11,14-17,22,27-30H,1,7-10,12-13,18-21H2,2-5H3. The minimum absolute atomic E-state index is 0.135. The molecule has 2 aliphatic carbocycles. The summed E-state index contributed by atoms with van der Waals surface area (Å²) in [6, 6.07) is 10.2. The monoisotopic (exact) mass is 487 g/mol. The van der Waals surface area contributed by atoms with E-state index in [9.17, 15) is 4.79 Å². The SMILES string of the molecule is C=CCN1C2CCC2C1(C)C1CCCN1C(C1=CC(C)=CCC1)c1ccc(C(=O)N(CC)CC)cc1. The Balaban J connectivity index is 1.49. The van der Waals surface area contributed by atoms with Crippen LogP contribution in [0.4, 0.5) is 0 Å². The number of amides is 1. The van der Waals surface area contributed by atoms with Gasteiger partial charge in [-0.1, -0.05) is 35.9 Å². The van der Waals surface area contributed by atoms with Gasteiger partial charge < -0.3 is 4.90 Å². The van der Waals surface area contributed by atoms with Crippen LogP contribution in [0.5, 0.6) is 0 Å². The summed E-state index contributed by atoms with van der Waals surface area (Å²) in [5, 5.41) is 0. The number of carbonyl (C=O) groups is 1. The van der Waals surface area contributed by atoms with E-state index in [0.717, 1.165) is 56.5 Å². The number of allylic oxidation sites excluding steroid dienone is 3. The fourth-order valence-electron chi connectivity index (χ4n) is 7.89. The highest BCUT2D eigenvalue weighted by Crippen LogP contribution is 2.58. The van der Waals surface area contributed by atoms with Crippen molar-refractivity contribution in [3.8, 4) is 0 Å². The van der Waals surface area contributed by atoms with Gasteiger partial charge in [-0.15, -0.1) is 6.58 Å². The van der Waals surface area contributed by atoms with Crippen molar-refractivity contribution in [1.82, 2.24) is 14.7 Å². The maximum Gasteiger partial charge on any atom is 0.253 e. The van der Waals surface area contributed by atoms with Gasteiger partial charge in [0.2, 0.25) is 0 Å². The Bertz CT molecular complexity index is 1040. The summed E-state index contributed by atoms with van der Waals surface area (Å²) < 4.78 is 0. The van der Waals surface area contributed by atoms with Gasteiger partial charge in [0.15, 0.2) is 0 Å². The number of hydrogen-bond donors (Lipinski definition) is 0. The summed E-state index contributed by atoms with van der Waals surface area (Å²) in [4.78, 5) is 20.5. The Morgan fingerprint density at radius 3 is 2.56 bits per heavy atom. The number of benzene rings is 1. The summed E-state index contributed by atoms with van der Waals surface area (Å²) >= 11 is 0. The highest BCUT2D eigenvalue weighted by atomic mass is 16.2. The lowest BCUT2D eigenvalue weighted by Gasteiger charge is -2.71. The molecule has 2 saturated heterocycles. The number of rotatable bonds is 9. The molecule has 1 aromatic rings. The molecule has 0 N–H and O–H groups in total. The van der Waals surface area contributed by atoms with Crippen molar-refractivity contribution in [2.24, 2.45) is 5.92 Å². The van der Waals surface area contributed by atoms with Crippen LogP contribution >= 0.6 is 0 Å². The topological polar surface area (TPSA) is 26.8 Å². The molecule has 2 aliphatic heterocycles. The highest BCUT2D eigenvalue weighted by Gasteiger charge is 2.65. The fraction of sp³-hybridized carbons (Fsp3) is 0.594. The second-order valence-corrected chi connectivity index (χ2v) is 11.5. The largest absolute Gasteiger partial charge is 0.339 e. The molecule has 5 unspecified atom stereocenters. The molecule has 1 saturated carbocycles. The van der Waals surface area contributed by atoms with E-state index in [1.807, 2.05) is 18.7 Å². The molecular weight excluding hydrogens is 442 g/mol. The zero-order valence-electron chi connectivity index (χ0n) is 22.9. The Morgan fingerprint density at radius 2 is 1.94 bits per heavy atom. The summed E-state index contributed by atoms with van der Waals surface area (Å²) in [6.45, 7) is 16.6. The van der Waals surface area contributed by atoms with Crippen molar-refractivity contribution in [2.45, 2.75) is 89.9 Å². The van der Waals surface area contributed by atoms with Crippen LogP contribution in [0, 0.1) is 5.92 Å². The van der Waals surface area contributed by atoms with E-state index in [1.54, 1.807) is 0 Å². The molecule has 0 bridgehead atoms. The average molecular weight is 488 g/mol. The second kappa shape index (κ2) is 10.3. The van der Waals surface area contributed by atoms with Gasteiger partial charge in [0, 0.05) is 42.8 Å². The molecule has 4 nitrogen and oxygen atoms in total. The van der Waals surface area contributed by atoms with Crippen molar-refractivity contribution in [3.05, 3.63) is 71.3 Å². The molecule has 2 heterocycles. The lowest BCUT2D eigenvalue weighted by Crippen LogP contribution is -2.81. The smallest absolute Gasteiger partial charge is 0.253 e. The number of carbonyl (C=O) groups excluding carboxylic acids is 1. The number of likely N-dealkylation sites (tertiary alicyclic amines) is 2. The third-order valence-corrected chi connectivity index (χ3v) is 9.82. The van der Waals surface area contributed by atoms with E-state index < -0.39 is 0 Å². The van der Waals surface area contributed by atoms with Crippen molar-refractivity contribution in [1.29, 1.82) is 0 Å². The molecule has 194 valence electrons. The first-order valence-electron chi connectivity index (χ1n) is 14.3. The summed E-state index contributed by atoms with van der Waals surface area (Å²) in [6.07, 6.45) is 14.4. The number of hydrogen-bond acceptors (Lipinski definition) is 3. The predicted molar refractivity (Wildman–Crippen MR) is 149 cm³/mol. The molecule has 36 heavy (non-hydrogen) atoms. The van der Waals surface area contributed by atoms with Crippen LogP contribution in [0.25, 0.3) is 0 Å². The van der Waals surface area contributed by atoms with Crippen molar-refractivity contribution in [3.63, 3.8) is 0 Å². The van der Waals surface area contributed by atoms with Gasteiger partial charge in [0.25, 0.3) is 5.91 Å². The van der Waals surface area contributed by atoms with Crippen molar-refractivity contribution in [2.75, 3.05) is 26.2 Å². The highest BCUT2D eigenvalue weighted by molar-refractivity contribution is 5.94. The van der Waals surface area contributed by atoms with Crippen LogP contribution in [0.1, 0.15) is 88.2 Å². The van der Waals surface area contributed by atoms with Gasteiger partial charge in [-0.25, -0.2) is 0 Å². The first-order valence-corrected chi connectivity index (χ1v) is 14.3. The lowest BCUT2D eigenvalue weighted by molar-refractivity contribution is -0.207. The first-order chi connectivity index (χ1) is 17.4. The van der Waals surface area contributed by atoms with E-state index in [-0.39, 0.29) is 17.5 Å². The van der Waals surface area contributed by atoms with Crippen LogP contribution in [0.3, 0.4) is 0 Å². The van der Waals surface area contributed by atoms with E-state index in [4.69, 9.17) is 0 Å². The molecule has 5 atom stereocenters. The zero-order chi connectivity index (χ0) is 25.4. The molecule has 0 aromatic heterocycles. The average Bonchev–Trinajstić information content (AvgIpc) is 3.34. The van der Waals surface area contributed by atoms with Gasteiger partial charge in [-0.05, 0) is 102 Å². The Labute approximate surface area is 218 Å². The molecule has 4 heteroatoms. The molecule has 4 aliphatic rings. The van der Waals surface area contributed by atoms with Crippen LogP contribution in [0.15, 0.2) is 60.2 Å². The second-order valence-electron chi connectivity index (χ2n) is 11.5. The van der Waals surface area contributed by atoms with Gasteiger partial charge in [0.1, 0.15) is 0 Å². The summed E-state index contributed by atoms with van der Waals surface area (Å²) in [5.41, 5.74) is 5.28.